The Morgan fingerprint density at radius 1 is 1.40 bits per heavy atom. The fourth-order valence-corrected chi connectivity index (χ4v) is 3.11. The molecule has 6 heteroatoms. The number of hydrogen-bond donors (Lipinski definition) is 1. The molecular formula is C14H21N3O2S. The molecule has 110 valence electrons. The zero-order valence-electron chi connectivity index (χ0n) is 11.6. The van der Waals surface area contributed by atoms with Gasteiger partial charge in [-0.1, -0.05) is 0 Å². The monoisotopic (exact) mass is 295 g/mol. The molecule has 0 spiro atoms. The third-order valence-corrected chi connectivity index (χ3v) is 4.34. The standard InChI is InChI=1S/C14H21N3O2S/c15-10-13-9-14(20-12-13)11-17(3-6-18)2-1-16-4-7-19-8-5-16/h9,12,18H,1-8,11H2. The first-order valence-corrected chi connectivity index (χ1v) is 7.80. The number of aliphatic hydroxyl groups excluding tert-OH is 1. The Kier molecular flexibility index (Phi) is 6.43. The lowest BCUT2D eigenvalue weighted by atomic mass is 10.3. The van der Waals surface area contributed by atoms with E-state index in [2.05, 4.69) is 15.9 Å². The van der Waals surface area contributed by atoms with Crippen molar-refractivity contribution in [2.45, 2.75) is 6.54 Å². The zero-order valence-corrected chi connectivity index (χ0v) is 12.4. The molecule has 1 saturated heterocycles. The van der Waals surface area contributed by atoms with Crippen molar-refractivity contribution < 1.29 is 9.84 Å². The van der Waals surface area contributed by atoms with Gasteiger partial charge in [0.05, 0.1) is 25.4 Å². The molecule has 0 aromatic carbocycles. The van der Waals surface area contributed by atoms with Crippen LogP contribution in [0, 0.1) is 11.3 Å². The van der Waals surface area contributed by atoms with Gasteiger partial charge in [-0.15, -0.1) is 11.3 Å². The Morgan fingerprint density at radius 2 is 2.20 bits per heavy atom. The lowest BCUT2D eigenvalue weighted by Crippen LogP contribution is -2.41. The van der Waals surface area contributed by atoms with Gasteiger partial charge in [-0.25, -0.2) is 0 Å². The first-order chi connectivity index (χ1) is 9.81. The average Bonchev–Trinajstić information content (AvgIpc) is 2.94. The van der Waals surface area contributed by atoms with Crippen LogP contribution in [0.3, 0.4) is 0 Å². The molecule has 0 aliphatic carbocycles. The van der Waals surface area contributed by atoms with E-state index in [1.807, 2.05) is 11.4 Å². The van der Waals surface area contributed by atoms with E-state index in [0.717, 1.165) is 51.5 Å². The first kappa shape index (κ1) is 15.4. The van der Waals surface area contributed by atoms with Gasteiger partial charge in [-0.05, 0) is 6.07 Å². The van der Waals surface area contributed by atoms with Crippen molar-refractivity contribution >= 4 is 11.3 Å². The average molecular weight is 295 g/mol. The summed E-state index contributed by atoms with van der Waals surface area (Å²) in [6.07, 6.45) is 0. The van der Waals surface area contributed by atoms with Crippen molar-refractivity contribution in [1.29, 1.82) is 5.26 Å². The third kappa shape index (κ3) is 4.85. The zero-order chi connectivity index (χ0) is 14.2. The highest BCUT2D eigenvalue weighted by molar-refractivity contribution is 7.10. The third-order valence-electron chi connectivity index (χ3n) is 3.41. The van der Waals surface area contributed by atoms with Crippen LogP contribution in [0.15, 0.2) is 11.4 Å². The van der Waals surface area contributed by atoms with E-state index in [1.54, 1.807) is 11.3 Å². The molecule has 0 amide bonds. The minimum absolute atomic E-state index is 0.166. The molecule has 5 nitrogen and oxygen atoms in total. The predicted molar refractivity (Wildman–Crippen MR) is 78.7 cm³/mol. The van der Waals surface area contributed by atoms with Gasteiger partial charge in [0.2, 0.25) is 0 Å². The van der Waals surface area contributed by atoms with Crippen molar-refractivity contribution in [3.8, 4) is 6.07 Å². The highest BCUT2D eigenvalue weighted by atomic mass is 32.1. The summed E-state index contributed by atoms with van der Waals surface area (Å²) >= 11 is 1.61. The van der Waals surface area contributed by atoms with Crippen LogP contribution in [0.4, 0.5) is 0 Å². The molecule has 1 aromatic heterocycles. The number of thiophene rings is 1. The number of hydrogen-bond acceptors (Lipinski definition) is 6. The van der Waals surface area contributed by atoms with Gasteiger partial charge in [0.25, 0.3) is 0 Å². The summed E-state index contributed by atoms with van der Waals surface area (Å²) in [6, 6.07) is 4.09. The van der Waals surface area contributed by atoms with Gasteiger partial charge >= 0.3 is 0 Å². The van der Waals surface area contributed by atoms with Crippen LogP contribution in [0.2, 0.25) is 0 Å². The lowest BCUT2D eigenvalue weighted by Gasteiger charge is -2.29. The summed E-state index contributed by atoms with van der Waals surface area (Å²) in [5.74, 6) is 0. The Bertz CT molecular complexity index is 438. The van der Waals surface area contributed by atoms with Crippen molar-refractivity contribution in [2.24, 2.45) is 0 Å². The van der Waals surface area contributed by atoms with Crippen LogP contribution in [-0.4, -0.2) is 67.5 Å². The van der Waals surface area contributed by atoms with E-state index in [0.29, 0.717) is 6.54 Å². The van der Waals surface area contributed by atoms with E-state index in [-0.39, 0.29) is 6.61 Å². The van der Waals surface area contributed by atoms with E-state index in [1.165, 1.54) is 4.88 Å². The van der Waals surface area contributed by atoms with Gasteiger partial charge in [0.15, 0.2) is 0 Å². The van der Waals surface area contributed by atoms with Crippen molar-refractivity contribution in [2.75, 3.05) is 52.5 Å². The van der Waals surface area contributed by atoms with Gasteiger partial charge in [-0.2, -0.15) is 5.26 Å². The maximum Gasteiger partial charge on any atom is 0.100 e. The minimum Gasteiger partial charge on any atom is -0.395 e. The van der Waals surface area contributed by atoms with Gasteiger partial charge < -0.3 is 9.84 Å². The quantitative estimate of drug-likeness (QED) is 0.804. The summed E-state index contributed by atoms with van der Waals surface area (Å²) in [4.78, 5) is 5.81. The molecule has 1 fully saturated rings. The van der Waals surface area contributed by atoms with E-state index in [4.69, 9.17) is 10.00 Å². The van der Waals surface area contributed by atoms with E-state index >= 15 is 0 Å². The number of morpholine rings is 1. The SMILES string of the molecule is N#Cc1csc(CN(CCO)CCN2CCOCC2)c1. The molecule has 2 heterocycles. The second kappa shape index (κ2) is 8.35. The Balaban J connectivity index is 1.81. The first-order valence-electron chi connectivity index (χ1n) is 6.92. The Hall–Kier alpha value is -0.970. The molecule has 20 heavy (non-hydrogen) atoms. The maximum atomic E-state index is 9.18. The van der Waals surface area contributed by atoms with Gasteiger partial charge in [0, 0.05) is 49.5 Å². The summed E-state index contributed by atoms with van der Waals surface area (Å²) in [6.45, 7) is 7.18. The molecule has 1 aliphatic heterocycles. The normalized spacial score (nSPS) is 16.4. The number of aliphatic hydroxyl groups is 1. The highest BCUT2D eigenvalue weighted by Gasteiger charge is 2.13. The molecular weight excluding hydrogens is 274 g/mol. The molecule has 2 rings (SSSR count). The maximum absolute atomic E-state index is 9.18. The number of nitrogens with zero attached hydrogens (tertiary/aromatic N) is 3. The Labute approximate surface area is 124 Å². The van der Waals surface area contributed by atoms with Crippen LogP contribution in [-0.2, 0) is 11.3 Å². The van der Waals surface area contributed by atoms with Crippen LogP contribution < -0.4 is 0 Å². The van der Waals surface area contributed by atoms with Crippen molar-refractivity contribution in [3.05, 3.63) is 21.9 Å². The topological polar surface area (TPSA) is 59.7 Å². The van der Waals surface area contributed by atoms with Crippen molar-refractivity contribution in [3.63, 3.8) is 0 Å². The predicted octanol–water partition coefficient (Wildman–Crippen LogP) is 0.746. The molecule has 1 aliphatic rings. The molecule has 1 aromatic rings. The molecule has 0 atom stereocenters. The molecule has 0 radical (unpaired) electrons. The largest absolute Gasteiger partial charge is 0.395 e. The number of nitriles is 1. The fourth-order valence-electron chi connectivity index (χ4n) is 2.26. The van der Waals surface area contributed by atoms with Crippen LogP contribution in [0.25, 0.3) is 0 Å². The highest BCUT2D eigenvalue weighted by Crippen LogP contribution is 2.16. The summed E-state index contributed by atoms with van der Waals surface area (Å²) in [5.41, 5.74) is 0.724. The van der Waals surface area contributed by atoms with E-state index in [9.17, 15) is 5.11 Å². The lowest BCUT2D eigenvalue weighted by molar-refractivity contribution is 0.0321. The molecule has 0 bridgehead atoms. The van der Waals surface area contributed by atoms with E-state index < -0.39 is 0 Å². The Morgan fingerprint density at radius 3 is 2.85 bits per heavy atom. The smallest absolute Gasteiger partial charge is 0.100 e. The summed E-state index contributed by atoms with van der Waals surface area (Å²) in [7, 11) is 0. The second-order valence-electron chi connectivity index (χ2n) is 4.87. The minimum atomic E-state index is 0.166. The summed E-state index contributed by atoms with van der Waals surface area (Å²) in [5, 5.41) is 19.9. The van der Waals surface area contributed by atoms with Crippen LogP contribution >= 0.6 is 11.3 Å². The van der Waals surface area contributed by atoms with Gasteiger partial charge in [-0.3, -0.25) is 9.80 Å². The molecule has 0 unspecified atom stereocenters. The summed E-state index contributed by atoms with van der Waals surface area (Å²) < 4.78 is 5.34. The van der Waals surface area contributed by atoms with Gasteiger partial charge in [0.1, 0.15) is 6.07 Å². The number of rotatable bonds is 7. The molecule has 0 saturated carbocycles. The van der Waals surface area contributed by atoms with Crippen LogP contribution in [0.1, 0.15) is 10.4 Å². The second-order valence-corrected chi connectivity index (χ2v) is 5.86. The molecule has 1 N–H and O–H groups in total. The van der Waals surface area contributed by atoms with Crippen molar-refractivity contribution in [1.82, 2.24) is 9.80 Å². The van der Waals surface area contributed by atoms with Crippen LogP contribution in [0.5, 0.6) is 0 Å². The number of ether oxygens (including phenoxy) is 1. The fraction of sp³-hybridized carbons (Fsp3) is 0.643.